The van der Waals surface area contributed by atoms with Crippen LogP contribution >= 0.6 is 27.5 Å². The molecule has 3 rings (SSSR count). The van der Waals surface area contributed by atoms with Crippen molar-refractivity contribution in [2.24, 2.45) is 7.05 Å². The Morgan fingerprint density at radius 2 is 2.03 bits per heavy atom. The topological polar surface area (TPSA) is 106 Å². The molecule has 1 aromatic carbocycles. The second-order valence-electron chi connectivity index (χ2n) is 6.01. The zero-order valence-electron chi connectivity index (χ0n) is 14.9. The summed E-state index contributed by atoms with van der Waals surface area (Å²) in [6, 6.07) is 5.40. The van der Waals surface area contributed by atoms with E-state index in [1.807, 2.05) is 0 Å². The highest BCUT2D eigenvalue weighted by Crippen LogP contribution is 2.41. The van der Waals surface area contributed by atoms with Crippen LogP contribution in [0.4, 0.5) is 13.2 Å². The summed E-state index contributed by atoms with van der Waals surface area (Å²) in [4.78, 5) is 24.4. The van der Waals surface area contributed by atoms with Crippen molar-refractivity contribution in [1.82, 2.24) is 19.3 Å². The molecule has 3 aromatic rings. The molecule has 8 nitrogen and oxygen atoms in total. The van der Waals surface area contributed by atoms with Gasteiger partial charge in [0.15, 0.2) is 5.82 Å². The molecule has 0 aliphatic heterocycles. The van der Waals surface area contributed by atoms with Gasteiger partial charge in [-0.2, -0.15) is 23.5 Å². The molecule has 0 radical (unpaired) electrons. The number of hydrogen-bond acceptors (Lipinski definition) is 5. The average molecular weight is 505 g/mol. The predicted octanol–water partition coefficient (Wildman–Crippen LogP) is 3.42. The lowest BCUT2D eigenvalue weighted by atomic mass is 10.2. The van der Waals surface area contributed by atoms with Gasteiger partial charge in [0.2, 0.25) is 5.75 Å². The van der Waals surface area contributed by atoms with Gasteiger partial charge < -0.3 is 9.30 Å². The maximum atomic E-state index is 13.6. The highest BCUT2D eigenvalue weighted by molar-refractivity contribution is 9.10. The van der Waals surface area contributed by atoms with Gasteiger partial charge in [-0.3, -0.25) is 9.36 Å². The third-order valence-electron chi connectivity index (χ3n) is 3.98. The Hall–Kier alpha value is -3.04. The van der Waals surface area contributed by atoms with Crippen LogP contribution in [0.1, 0.15) is 17.0 Å². The molecule has 0 saturated heterocycles. The Balaban J connectivity index is 2.18. The predicted molar refractivity (Wildman–Crippen MR) is 103 cm³/mol. The fourth-order valence-corrected chi connectivity index (χ4v) is 3.44. The second-order valence-corrected chi connectivity index (χ2v) is 7.30. The molecule has 156 valence electrons. The van der Waals surface area contributed by atoms with E-state index in [9.17, 15) is 22.8 Å². The molecule has 0 bridgehead atoms. The molecule has 0 unspecified atom stereocenters. The van der Waals surface area contributed by atoms with Crippen LogP contribution in [0.3, 0.4) is 0 Å². The fraction of sp³-hybridized carbons (Fsp3) is 0.176. The standard InChI is InChI=1S/C17H10BrClF3N5O3/c1-26-12(24-25-16(26)29)7-27-6-11(18)13(17(20,21)22)14(15(27)28)30-10-3-8(5-23)2-9(19)4-10/h2-4,6H,7H2,1H3,(H,25,29). The molecule has 2 heterocycles. The molecular formula is C17H10BrClF3N5O3. The molecule has 0 atom stereocenters. The first-order valence-electron chi connectivity index (χ1n) is 8.00. The number of aromatic nitrogens is 4. The average Bonchev–Trinajstić information content (AvgIpc) is 2.96. The van der Waals surface area contributed by atoms with Gasteiger partial charge in [-0.1, -0.05) is 11.6 Å². The van der Waals surface area contributed by atoms with Gasteiger partial charge in [0.1, 0.15) is 11.3 Å². The minimum atomic E-state index is -4.93. The van der Waals surface area contributed by atoms with Crippen molar-refractivity contribution in [2.45, 2.75) is 12.7 Å². The molecule has 0 aliphatic rings. The molecular weight excluding hydrogens is 495 g/mol. The molecule has 0 aliphatic carbocycles. The zero-order chi connectivity index (χ0) is 22.2. The van der Waals surface area contributed by atoms with Crippen LogP contribution in [0.15, 0.2) is 38.5 Å². The first-order valence-corrected chi connectivity index (χ1v) is 9.17. The number of ether oxygens (including phenoxy) is 1. The Morgan fingerprint density at radius 3 is 2.60 bits per heavy atom. The molecule has 0 spiro atoms. The summed E-state index contributed by atoms with van der Waals surface area (Å²) >= 11 is 8.69. The maximum absolute atomic E-state index is 13.6. The van der Waals surface area contributed by atoms with E-state index < -0.39 is 33.2 Å². The lowest BCUT2D eigenvalue weighted by Crippen LogP contribution is -2.27. The van der Waals surface area contributed by atoms with E-state index in [4.69, 9.17) is 21.6 Å². The van der Waals surface area contributed by atoms with E-state index in [1.165, 1.54) is 19.2 Å². The summed E-state index contributed by atoms with van der Waals surface area (Å²) in [5.41, 5.74) is -2.98. The van der Waals surface area contributed by atoms with E-state index in [1.54, 1.807) is 6.07 Å². The number of pyridine rings is 1. The summed E-state index contributed by atoms with van der Waals surface area (Å²) in [7, 11) is 1.39. The van der Waals surface area contributed by atoms with Crippen molar-refractivity contribution in [1.29, 1.82) is 5.26 Å². The Kier molecular flexibility index (Phi) is 5.78. The van der Waals surface area contributed by atoms with E-state index in [0.717, 1.165) is 21.4 Å². The molecule has 0 saturated carbocycles. The largest absolute Gasteiger partial charge is 0.451 e. The molecule has 30 heavy (non-hydrogen) atoms. The number of H-pyrrole nitrogens is 1. The number of benzene rings is 1. The van der Waals surface area contributed by atoms with Crippen LogP contribution in [-0.4, -0.2) is 19.3 Å². The normalized spacial score (nSPS) is 11.4. The SMILES string of the molecule is Cn1c(Cn2cc(Br)c(C(F)(F)F)c(Oc3cc(Cl)cc(C#N)c3)c2=O)n[nH]c1=O. The van der Waals surface area contributed by atoms with Gasteiger partial charge in [-0.25, -0.2) is 9.89 Å². The van der Waals surface area contributed by atoms with E-state index in [2.05, 4.69) is 26.1 Å². The van der Waals surface area contributed by atoms with E-state index >= 15 is 0 Å². The summed E-state index contributed by atoms with van der Waals surface area (Å²) in [6.45, 7) is -0.305. The van der Waals surface area contributed by atoms with Crippen LogP contribution in [-0.2, 0) is 19.8 Å². The molecule has 0 fully saturated rings. The monoisotopic (exact) mass is 503 g/mol. The smallest absolute Gasteiger partial charge is 0.421 e. The van der Waals surface area contributed by atoms with Gasteiger partial charge >= 0.3 is 11.9 Å². The first kappa shape index (κ1) is 21.7. The zero-order valence-corrected chi connectivity index (χ0v) is 17.3. The molecule has 1 N–H and O–H groups in total. The van der Waals surface area contributed by atoms with Gasteiger partial charge in [0.25, 0.3) is 5.56 Å². The first-order chi connectivity index (χ1) is 14.0. The van der Waals surface area contributed by atoms with E-state index in [0.29, 0.717) is 0 Å². The van der Waals surface area contributed by atoms with Gasteiger partial charge in [-0.05, 0) is 34.1 Å². The van der Waals surface area contributed by atoms with Crippen LogP contribution in [0.2, 0.25) is 5.02 Å². The minimum Gasteiger partial charge on any atom is -0.451 e. The van der Waals surface area contributed by atoms with Crippen molar-refractivity contribution in [3.05, 3.63) is 71.7 Å². The number of rotatable bonds is 4. The summed E-state index contributed by atoms with van der Waals surface area (Å²) in [6.07, 6.45) is -4.00. The number of nitriles is 1. The van der Waals surface area contributed by atoms with Crippen LogP contribution in [0.5, 0.6) is 11.5 Å². The summed E-state index contributed by atoms with van der Waals surface area (Å²) < 4.78 is 47.7. The minimum absolute atomic E-state index is 0.0351. The lowest BCUT2D eigenvalue weighted by Gasteiger charge is -2.17. The Morgan fingerprint density at radius 1 is 1.33 bits per heavy atom. The van der Waals surface area contributed by atoms with Gasteiger partial charge in [0, 0.05) is 18.3 Å². The second kappa shape index (κ2) is 8.00. The lowest BCUT2D eigenvalue weighted by molar-refractivity contribution is -0.139. The Bertz CT molecular complexity index is 1290. The number of halogens is 5. The highest BCUT2D eigenvalue weighted by Gasteiger charge is 2.39. The molecule has 0 amide bonds. The number of hydrogen-bond donors (Lipinski definition) is 1. The molecule has 2 aromatic heterocycles. The van der Waals surface area contributed by atoms with Gasteiger partial charge in [-0.15, -0.1) is 0 Å². The summed E-state index contributed by atoms with van der Waals surface area (Å²) in [5.74, 6) is -1.14. The quantitative estimate of drug-likeness (QED) is 0.586. The van der Waals surface area contributed by atoms with Crippen molar-refractivity contribution in [3.8, 4) is 17.6 Å². The van der Waals surface area contributed by atoms with Crippen LogP contribution < -0.4 is 16.0 Å². The van der Waals surface area contributed by atoms with Crippen molar-refractivity contribution in [3.63, 3.8) is 0 Å². The molecule has 13 heteroatoms. The Labute approximate surface area is 179 Å². The van der Waals surface area contributed by atoms with Gasteiger partial charge in [0.05, 0.1) is 22.7 Å². The van der Waals surface area contributed by atoms with Crippen molar-refractivity contribution < 1.29 is 17.9 Å². The summed E-state index contributed by atoms with van der Waals surface area (Å²) in [5, 5.41) is 15.0. The van der Waals surface area contributed by atoms with E-state index in [-0.39, 0.29) is 28.7 Å². The highest BCUT2D eigenvalue weighted by atomic mass is 79.9. The fourth-order valence-electron chi connectivity index (χ4n) is 2.56. The van der Waals surface area contributed by atoms with Crippen molar-refractivity contribution >= 4 is 27.5 Å². The number of nitrogens with one attached hydrogen (secondary N) is 1. The van der Waals surface area contributed by atoms with Crippen LogP contribution in [0, 0.1) is 11.3 Å². The number of alkyl halides is 3. The van der Waals surface area contributed by atoms with Crippen molar-refractivity contribution in [2.75, 3.05) is 0 Å². The van der Waals surface area contributed by atoms with Crippen LogP contribution in [0.25, 0.3) is 0 Å². The third-order valence-corrected chi connectivity index (χ3v) is 4.80. The maximum Gasteiger partial charge on any atom is 0.421 e. The number of aromatic amines is 1. The third kappa shape index (κ3) is 4.27. The number of nitrogens with zero attached hydrogens (tertiary/aromatic N) is 4.